The summed E-state index contributed by atoms with van der Waals surface area (Å²) in [6.07, 6.45) is 3.74. The van der Waals surface area contributed by atoms with E-state index >= 15 is 0 Å². The fourth-order valence-electron chi connectivity index (χ4n) is 3.99. The first-order valence-corrected chi connectivity index (χ1v) is 9.50. The Kier molecular flexibility index (Phi) is 4.99. The number of hydrogen-bond donors (Lipinski definition) is 1. The molecular formula is C21H26N4O2. The molecule has 2 fully saturated rings. The SMILES string of the molecule is CC(c1cccnc1)N1CC2(CN(C(=O)NCCOc3ccccc3)C2)C1. The van der Waals surface area contributed by atoms with Crippen molar-refractivity contribution in [2.45, 2.75) is 13.0 Å². The van der Waals surface area contributed by atoms with Crippen LogP contribution in [0.5, 0.6) is 5.75 Å². The monoisotopic (exact) mass is 366 g/mol. The number of benzene rings is 1. The largest absolute Gasteiger partial charge is 0.492 e. The highest BCUT2D eigenvalue weighted by Crippen LogP contribution is 2.43. The van der Waals surface area contributed by atoms with Crippen LogP contribution in [0.1, 0.15) is 18.5 Å². The van der Waals surface area contributed by atoms with Gasteiger partial charge >= 0.3 is 6.03 Å². The second-order valence-corrected chi connectivity index (χ2v) is 7.62. The smallest absolute Gasteiger partial charge is 0.317 e. The van der Waals surface area contributed by atoms with Crippen LogP contribution in [0.3, 0.4) is 0 Å². The van der Waals surface area contributed by atoms with E-state index < -0.39 is 0 Å². The zero-order valence-electron chi connectivity index (χ0n) is 15.7. The van der Waals surface area contributed by atoms with Crippen LogP contribution >= 0.6 is 0 Å². The number of nitrogens with one attached hydrogen (secondary N) is 1. The van der Waals surface area contributed by atoms with E-state index in [4.69, 9.17) is 4.74 Å². The summed E-state index contributed by atoms with van der Waals surface area (Å²) in [5.41, 5.74) is 1.54. The third-order valence-corrected chi connectivity index (χ3v) is 5.52. The molecule has 0 saturated carbocycles. The predicted octanol–water partition coefficient (Wildman–Crippen LogP) is 2.55. The van der Waals surface area contributed by atoms with E-state index in [1.807, 2.05) is 47.5 Å². The number of para-hydroxylation sites is 1. The van der Waals surface area contributed by atoms with E-state index in [1.165, 1.54) is 5.56 Å². The summed E-state index contributed by atoms with van der Waals surface area (Å²) in [5, 5.41) is 2.94. The third-order valence-electron chi connectivity index (χ3n) is 5.52. The highest BCUT2D eigenvalue weighted by molar-refractivity contribution is 5.75. The number of carbonyl (C=O) groups is 1. The highest BCUT2D eigenvalue weighted by Gasteiger charge is 2.54. The van der Waals surface area contributed by atoms with Crippen molar-refractivity contribution in [1.82, 2.24) is 20.1 Å². The highest BCUT2D eigenvalue weighted by atomic mass is 16.5. The van der Waals surface area contributed by atoms with Crippen molar-refractivity contribution >= 4 is 6.03 Å². The Hall–Kier alpha value is -2.60. The molecule has 1 aromatic carbocycles. The van der Waals surface area contributed by atoms with Gasteiger partial charge in [-0.05, 0) is 30.7 Å². The average Bonchev–Trinajstić information content (AvgIpc) is 2.64. The van der Waals surface area contributed by atoms with Gasteiger partial charge in [0, 0.05) is 50.0 Å². The molecule has 4 rings (SSSR count). The zero-order valence-corrected chi connectivity index (χ0v) is 15.7. The number of urea groups is 1. The lowest BCUT2D eigenvalue weighted by Crippen LogP contribution is -2.73. The number of ether oxygens (including phenoxy) is 1. The zero-order chi connectivity index (χ0) is 18.7. The average molecular weight is 366 g/mol. The first-order chi connectivity index (χ1) is 13.2. The first-order valence-electron chi connectivity index (χ1n) is 9.50. The maximum Gasteiger partial charge on any atom is 0.317 e. The molecule has 1 aromatic heterocycles. The molecule has 0 aliphatic carbocycles. The van der Waals surface area contributed by atoms with Crippen molar-refractivity contribution in [2.24, 2.45) is 5.41 Å². The summed E-state index contributed by atoms with van der Waals surface area (Å²) in [7, 11) is 0. The van der Waals surface area contributed by atoms with Crippen LogP contribution < -0.4 is 10.1 Å². The van der Waals surface area contributed by atoms with Crippen LogP contribution in [0, 0.1) is 5.41 Å². The summed E-state index contributed by atoms with van der Waals surface area (Å²) in [5.74, 6) is 0.826. The van der Waals surface area contributed by atoms with Crippen molar-refractivity contribution in [3.63, 3.8) is 0 Å². The molecule has 6 nitrogen and oxygen atoms in total. The number of hydrogen-bond acceptors (Lipinski definition) is 4. The molecule has 2 amide bonds. The molecular weight excluding hydrogens is 340 g/mol. The quantitative estimate of drug-likeness (QED) is 0.799. The van der Waals surface area contributed by atoms with Gasteiger partial charge in [0.05, 0.1) is 6.54 Å². The molecule has 2 saturated heterocycles. The van der Waals surface area contributed by atoms with E-state index in [2.05, 4.69) is 28.2 Å². The molecule has 2 aliphatic rings. The second-order valence-electron chi connectivity index (χ2n) is 7.62. The molecule has 3 heterocycles. The van der Waals surface area contributed by atoms with Crippen molar-refractivity contribution in [1.29, 1.82) is 0 Å². The topological polar surface area (TPSA) is 57.7 Å². The number of pyridine rings is 1. The Balaban J connectivity index is 1.14. The van der Waals surface area contributed by atoms with Gasteiger partial charge in [-0.25, -0.2) is 4.79 Å². The number of rotatable bonds is 6. The van der Waals surface area contributed by atoms with Gasteiger partial charge in [0.25, 0.3) is 0 Å². The fraction of sp³-hybridized carbons (Fsp3) is 0.429. The number of aromatic nitrogens is 1. The van der Waals surface area contributed by atoms with E-state index in [0.717, 1.165) is 31.9 Å². The molecule has 1 atom stereocenters. The van der Waals surface area contributed by atoms with Crippen LogP contribution in [0.15, 0.2) is 54.9 Å². The number of likely N-dealkylation sites (tertiary alicyclic amines) is 2. The van der Waals surface area contributed by atoms with Crippen LogP contribution in [-0.2, 0) is 0 Å². The Labute approximate surface area is 160 Å². The van der Waals surface area contributed by atoms with Crippen molar-refractivity contribution in [3.8, 4) is 5.75 Å². The van der Waals surface area contributed by atoms with E-state index in [-0.39, 0.29) is 11.4 Å². The molecule has 0 bridgehead atoms. The van der Waals surface area contributed by atoms with E-state index in [9.17, 15) is 4.79 Å². The van der Waals surface area contributed by atoms with Crippen LogP contribution in [0.4, 0.5) is 4.79 Å². The van der Waals surface area contributed by atoms with Crippen molar-refractivity contribution in [2.75, 3.05) is 39.3 Å². The Morgan fingerprint density at radius 3 is 2.67 bits per heavy atom. The minimum absolute atomic E-state index is 0.0102. The minimum Gasteiger partial charge on any atom is -0.492 e. The lowest BCUT2D eigenvalue weighted by atomic mass is 9.72. The molecule has 142 valence electrons. The summed E-state index contributed by atoms with van der Waals surface area (Å²) in [6, 6.07) is 14.1. The molecule has 0 radical (unpaired) electrons. The van der Waals surface area contributed by atoms with Crippen molar-refractivity contribution < 1.29 is 9.53 Å². The number of carbonyl (C=O) groups excluding carboxylic acids is 1. The minimum atomic E-state index is 0.0102. The molecule has 27 heavy (non-hydrogen) atoms. The van der Waals surface area contributed by atoms with Crippen LogP contribution in [-0.4, -0.2) is 60.1 Å². The Bertz CT molecular complexity index is 754. The van der Waals surface area contributed by atoms with Gasteiger partial charge in [0.2, 0.25) is 0 Å². The maximum atomic E-state index is 12.2. The van der Waals surface area contributed by atoms with Gasteiger partial charge in [-0.3, -0.25) is 9.88 Å². The maximum absolute atomic E-state index is 12.2. The lowest BCUT2D eigenvalue weighted by Gasteiger charge is -2.61. The van der Waals surface area contributed by atoms with Gasteiger partial charge in [0.15, 0.2) is 0 Å². The normalized spacial score (nSPS) is 19.1. The summed E-state index contributed by atoms with van der Waals surface area (Å²) in [6.45, 7) is 6.99. The number of amides is 2. The Morgan fingerprint density at radius 1 is 1.19 bits per heavy atom. The predicted molar refractivity (Wildman–Crippen MR) is 104 cm³/mol. The Morgan fingerprint density at radius 2 is 1.96 bits per heavy atom. The third kappa shape index (κ3) is 3.90. The standard InChI is InChI=1S/C21H26N4O2/c1-17(18-6-5-9-22-12-18)24-13-21(14-24)15-25(16-21)20(26)23-10-11-27-19-7-3-2-4-8-19/h2-9,12,17H,10-11,13-16H2,1H3,(H,23,26). The first kappa shape index (κ1) is 17.8. The molecule has 1 unspecified atom stereocenters. The molecule has 1 spiro atoms. The number of nitrogens with zero attached hydrogens (tertiary/aromatic N) is 3. The second kappa shape index (κ2) is 7.56. The van der Waals surface area contributed by atoms with Gasteiger partial charge in [-0.1, -0.05) is 24.3 Å². The van der Waals surface area contributed by atoms with Gasteiger partial charge < -0.3 is 15.0 Å². The lowest BCUT2D eigenvalue weighted by molar-refractivity contribution is -0.110. The molecule has 6 heteroatoms. The van der Waals surface area contributed by atoms with Crippen LogP contribution in [0.25, 0.3) is 0 Å². The molecule has 1 N–H and O–H groups in total. The summed E-state index contributed by atoms with van der Waals surface area (Å²) < 4.78 is 5.60. The van der Waals surface area contributed by atoms with Gasteiger partial charge in [-0.15, -0.1) is 0 Å². The van der Waals surface area contributed by atoms with Crippen LogP contribution in [0.2, 0.25) is 0 Å². The van der Waals surface area contributed by atoms with E-state index in [0.29, 0.717) is 19.2 Å². The van der Waals surface area contributed by atoms with Gasteiger partial charge in [-0.2, -0.15) is 0 Å². The summed E-state index contributed by atoms with van der Waals surface area (Å²) in [4.78, 5) is 20.8. The molecule has 2 aromatic rings. The molecule has 2 aliphatic heterocycles. The summed E-state index contributed by atoms with van der Waals surface area (Å²) >= 11 is 0. The van der Waals surface area contributed by atoms with Crippen molar-refractivity contribution in [3.05, 3.63) is 60.4 Å². The van der Waals surface area contributed by atoms with E-state index in [1.54, 1.807) is 6.20 Å². The fourth-order valence-corrected chi connectivity index (χ4v) is 3.99. The van der Waals surface area contributed by atoms with Gasteiger partial charge in [0.1, 0.15) is 12.4 Å².